The third kappa shape index (κ3) is 2.23. The normalized spacial score (nSPS) is 15.2. The minimum atomic E-state index is 0.326. The molecule has 2 aromatic rings. The van der Waals surface area contributed by atoms with Gasteiger partial charge in [0.05, 0.1) is 0 Å². The van der Waals surface area contributed by atoms with E-state index in [1.165, 1.54) is 17.5 Å². The predicted octanol–water partition coefficient (Wildman–Crippen LogP) is 0.857. The molecule has 0 radical (unpaired) electrons. The number of aromatic nitrogens is 5. The summed E-state index contributed by atoms with van der Waals surface area (Å²) in [7, 11) is 0. The van der Waals surface area contributed by atoms with Gasteiger partial charge in [-0.3, -0.25) is 0 Å². The van der Waals surface area contributed by atoms with Crippen LogP contribution in [0.2, 0.25) is 0 Å². The van der Waals surface area contributed by atoms with Gasteiger partial charge >= 0.3 is 0 Å². The van der Waals surface area contributed by atoms with Crippen molar-refractivity contribution in [3.63, 3.8) is 0 Å². The molecular formula is C12H17N7. The first-order valence-electron chi connectivity index (χ1n) is 6.43. The van der Waals surface area contributed by atoms with Crippen LogP contribution in [0, 0.1) is 13.8 Å². The second-order valence-corrected chi connectivity index (χ2v) is 4.83. The maximum atomic E-state index is 5.92. The first kappa shape index (κ1) is 11.9. The number of nitrogen functional groups attached to an aromatic ring is 1. The van der Waals surface area contributed by atoms with Crippen LogP contribution in [-0.2, 0) is 0 Å². The number of anilines is 2. The summed E-state index contributed by atoms with van der Waals surface area (Å²) in [6, 6.07) is 1.91. The molecule has 100 valence electrons. The molecule has 3 rings (SSSR count). The first-order chi connectivity index (χ1) is 9.13. The monoisotopic (exact) mass is 259 g/mol. The van der Waals surface area contributed by atoms with Gasteiger partial charge < -0.3 is 10.6 Å². The topological polar surface area (TPSA) is 85.8 Å². The lowest BCUT2D eigenvalue weighted by molar-refractivity contribution is 0.788. The van der Waals surface area contributed by atoms with Gasteiger partial charge in [-0.15, -0.1) is 5.10 Å². The molecule has 0 bridgehead atoms. The molecule has 0 saturated carbocycles. The smallest absolute Gasteiger partial charge is 0.254 e. The largest absolute Gasteiger partial charge is 0.368 e. The molecule has 0 aliphatic carbocycles. The highest BCUT2D eigenvalue weighted by Gasteiger charge is 2.19. The fourth-order valence-electron chi connectivity index (χ4n) is 2.31. The van der Waals surface area contributed by atoms with Crippen molar-refractivity contribution >= 4 is 11.9 Å². The zero-order valence-corrected chi connectivity index (χ0v) is 11.2. The number of aryl methyl sites for hydroxylation is 2. The minimum absolute atomic E-state index is 0.326. The van der Waals surface area contributed by atoms with Crippen molar-refractivity contribution in [1.82, 2.24) is 24.7 Å². The van der Waals surface area contributed by atoms with Gasteiger partial charge in [0.25, 0.3) is 5.95 Å². The Morgan fingerprint density at radius 1 is 1.00 bits per heavy atom. The van der Waals surface area contributed by atoms with E-state index in [4.69, 9.17) is 5.73 Å². The van der Waals surface area contributed by atoms with E-state index in [1.54, 1.807) is 0 Å². The van der Waals surface area contributed by atoms with E-state index in [9.17, 15) is 0 Å². The molecule has 19 heavy (non-hydrogen) atoms. The molecule has 3 heterocycles. The third-order valence-electron chi connectivity index (χ3n) is 3.17. The van der Waals surface area contributed by atoms with Gasteiger partial charge in [0.1, 0.15) is 0 Å². The summed E-state index contributed by atoms with van der Waals surface area (Å²) in [5.74, 6) is 1.47. The number of hydrogen-bond acceptors (Lipinski definition) is 6. The highest BCUT2D eigenvalue weighted by Crippen LogP contribution is 2.18. The Labute approximate surface area is 111 Å². The molecular weight excluding hydrogens is 242 g/mol. The van der Waals surface area contributed by atoms with E-state index < -0.39 is 0 Å². The summed E-state index contributed by atoms with van der Waals surface area (Å²) in [6.45, 7) is 5.81. The van der Waals surface area contributed by atoms with E-state index in [-0.39, 0.29) is 0 Å². The minimum Gasteiger partial charge on any atom is -0.368 e. The van der Waals surface area contributed by atoms with E-state index >= 15 is 0 Å². The number of rotatable bonds is 2. The van der Waals surface area contributed by atoms with Gasteiger partial charge in [-0.1, -0.05) is 0 Å². The van der Waals surface area contributed by atoms with Crippen LogP contribution < -0.4 is 10.6 Å². The highest BCUT2D eigenvalue weighted by atomic mass is 15.5. The van der Waals surface area contributed by atoms with Crippen molar-refractivity contribution in [1.29, 1.82) is 0 Å². The average Bonchev–Trinajstić information content (AvgIpc) is 2.95. The molecule has 1 saturated heterocycles. The fraction of sp³-hybridized carbons (Fsp3) is 0.500. The zero-order chi connectivity index (χ0) is 13.4. The molecule has 0 atom stereocenters. The Hall–Kier alpha value is -2.18. The molecule has 7 heteroatoms. The molecule has 1 aliphatic heterocycles. The van der Waals surface area contributed by atoms with Crippen molar-refractivity contribution in [3.8, 4) is 5.95 Å². The maximum Gasteiger partial charge on any atom is 0.254 e. The number of nitrogens with two attached hydrogens (primary N) is 1. The summed E-state index contributed by atoms with van der Waals surface area (Å²) >= 11 is 0. The van der Waals surface area contributed by atoms with Gasteiger partial charge in [0.2, 0.25) is 11.9 Å². The summed E-state index contributed by atoms with van der Waals surface area (Å²) < 4.78 is 1.51. The Balaban J connectivity index is 2.00. The molecule has 0 unspecified atom stereocenters. The van der Waals surface area contributed by atoms with Crippen LogP contribution in [0.1, 0.15) is 24.2 Å². The molecule has 7 nitrogen and oxygen atoms in total. The summed E-state index contributed by atoms with van der Waals surface area (Å²) in [6.07, 6.45) is 2.35. The molecule has 0 aromatic carbocycles. The van der Waals surface area contributed by atoms with Gasteiger partial charge in [-0.25, -0.2) is 9.97 Å². The highest BCUT2D eigenvalue weighted by molar-refractivity contribution is 5.39. The predicted molar refractivity (Wildman–Crippen MR) is 72.3 cm³/mol. The lowest BCUT2D eigenvalue weighted by Gasteiger charge is -2.10. The number of nitrogens with zero attached hydrogens (tertiary/aromatic N) is 6. The van der Waals surface area contributed by atoms with Crippen LogP contribution in [0.5, 0.6) is 0 Å². The van der Waals surface area contributed by atoms with Crippen LogP contribution in [0.25, 0.3) is 5.95 Å². The van der Waals surface area contributed by atoms with Gasteiger partial charge in [-0.2, -0.15) is 9.67 Å². The van der Waals surface area contributed by atoms with Crippen LogP contribution >= 0.6 is 0 Å². The summed E-state index contributed by atoms with van der Waals surface area (Å²) in [5.41, 5.74) is 7.70. The molecule has 1 fully saturated rings. The van der Waals surface area contributed by atoms with E-state index in [2.05, 4.69) is 25.0 Å². The Morgan fingerprint density at radius 3 is 2.26 bits per heavy atom. The third-order valence-corrected chi connectivity index (χ3v) is 3.17. The Kier molecular flexibility index (Phi) is 2.81. The second kappa shape index (κ2) is 4.49. The van der Waals surface area contributed by atoms with E-state index in [0.717, 1.165) is 24.5 Å². The van der Waals surface area contributed by atoms with Crippen molar-refractivity contribution in [2.75, 3.05) is 23.7 Å². The molecule has 1 aliphatic rings. The summed E-state index contributed by atoms with van der Waals surface area (Å²) in [5, 5.41) is 4.43. The van der Waals surface area contributed by atoms with E-state index in [0.29, 0.717) is 17.8 Å². The molecule has 2 aromatic heterocycles. The Morgan fingerprint density at radius 2 is 1.63 bits per heavy atom. The van der Waals surface area contributed by atoms with Gasteiger partial charge in [-0.05, 0) is 32.8 Å². The average molecular weight is 259 g/mol. The van der Waals surface area contributed by atoms with Crippen molar-refractivity contribution in [3.05, 3.63) is 17.5 Å². The van der Waals surface area contributed by atoms with Crippen LogP contribution in [0.15, 0.2) is 6.07 Å². The lowest BCUT2D eigenvalue weighted by atomic mass is 10.4. The standard InChI is InChI=1S/C12H17N7/c1-8-7-9(2)15-11(14-8)19-10(13)16-12(17-19)18-5-3-4-6-18/h7H,3-6H2,1-2H3,(H2,13,16,17). The van der Waals surface area contributed by atoms with Crippen molar-refractivity contribution < 1.29 is 0 Å². The molecule has 0 amide bonds. The lowest BCUT2D eigenvalue weighted by Crippen LogP contribution is -2.19. The zero-order valence-electron chi connectivity index (χ0n) is 11.2. The van der Waals surface area contributed by atoms with Crippen LogP contribution in [0.3, 0.4) is 0 Å². The number of hydrogen-bond donors (Lipinski definition) is 1. The van der Waals surface area contributed by atoms with Gasteiger partial charge in [0, 0.05) is 24.5 Å². The maximum absolute atomic E-state index is 5.92. The van der Waals surface area contributed by atoms with E-state index in [1.807, 2.05) is 19.9 Å². The SMILES string of the molecule is Cc1cc(C)nc(-n2nc(N3CCCC3)nc2N)n1. The molecule has 2 N–H and O–H groups in total. The summed E-state index contributed by atoms with van der Waals surface area (Å²) in [4.78, 5) is 15.2. The van der Waals surface area contributed by atoms with Crippen LogP contribution in [0.4, 0.5) is 11.9 Å². The fourth-order valence-corrected chi connectivity index (χ4v) is 2.31. The van der Waals surface area contributed by atoms with Crippen LogP contribution in [-0.4, -0.2) is 37.8 Å². The first-order valence-corrected chi connectivity index (χ1v) is 6.43. The molecule has 0 spiro atoms. The quantitative estimate of drug-likeness (QED) is 0.860. The van der Waals surface area contributed by atoms with Gasteiger partial charge in [0.15, 0.2) is 0 Å². The van der Waals surface area contributed by atoms with Crippen molar-refractivity contribution in [2.24, 2.45) is 0 Å². The van der Waals surface area contributed by atoms with Crippen molar-refractivity contribution in [2.45, 2.75) is 26.7 Å². The second-order valence-electron chi connectivity index (χ2n) is 4.83. The Bertz CT molecular complexity index is 578.